The first-order valence-electron chi connectivity index (χ1n) is 10.4. The molecule has 2 saturated carbocycles. The summed E-state index contributed by atoms with van der Waals surface area (Å²) in [6.07, 6.45) is 17.8. The van der Waals surface area contributed by atoms with Gasteiger partial charge in [0.15, 0.2) is 0 Å². The van der Waals surface area contributed by atoms with E-state index in [0.717, 1.165) is 36.7 Å². The molecule has 2 fully saturated rings. The van der Waals surface area contributed by atoms with E-state index in [0.29, 0.717) is 6.10 Å². The summed E-state index contributed by atoms with van der Waals surface area (Å²) < 4.78 is 6.05. The van der Waals surface area contributed by atoms with E-state index in [1.807, 2.05) is 0 Å². The number of hydrogen-bond donors (Lipinski definition) is 0. The Morgan fingerprint density at radius 3 is 2.18 bits per heavy atom. The zero-order chi connectivity index (χ0) is 15.8. The molecule has 2 aliphatic carbocycles. The molecule has 0 bridgehead atoms. The molecular formula is C21H40O. The van der Waals surface area contributed by atoms with Crippen LogP contribution in [0.3, 0.4) is 0 Å². The molecule has 3 atom stereocenters. The van der Waals surface area contributed by atoms with Crippen LogP contribution in [0.2, 0.25) is 0 Å². The SMILES string of the molecule is CCCCCC1CCC(C2CCC(OCCC)C(C)C2)CC1. The molecule has 3 unspecified atom stereocenters. The van der Waals surface area contributed by atoms with Gasteiger partial charge in [0.2, 0.25) is 0 Å². The fourth-order valence-electron chi connectivity index (χ4n) is 4.99. The van der Waals surface area contributed by atoms with Gasteiger partial charge in [0, 0.05) is 6.61 Å². The molecule has 0 saturated heterocycles. The summed E-state index contributed by atoms with van der Waals surface area (Å²) in [5.41, 5.74) is 0. The monoisotopic (exact) mass is 308 g/mol. The van der Waals surface area contributed by atoms with E-state index in [-0.39, 0.29) is 0 Å². The van der Waals surface area contributed by atoms with E-state index in [2.05, 4.69) is 20.8 Å². The minimum Gasteiger partial charge on any atom is -0.378 e. The third kappa shape index (κ3) is 5.55. The van der Waals surface area contributed by atoms with Gasteiger partial charge in [0.05, 0.1) is 6.10 Å². The van der Waals surface area contributed by atoms with Crippen LogP contribution in [-0.2, 0) is 4.74 Å². The molecule has 1 heteroatoms. The van der Waals surface area contributed by atoms with Crippen LogP contribution in [0.5, 0.6) is 0 Å². The normalized spacial score (nSPS) is 36.4. The highest BCUT2D eigenvalue weighted by atomic mass is 16.5. The van der Waals surface area contributed by atoms with E-state index >= 15 is 0 Å². The van der Waals surface area contributed by atoms with Gasteiger partial charge in [-0.1, -0.05) is 59.3 Å². The zero-order valence-electron chi connectivity index (χ0n) is 15.5. The zero-order valence-corrected chi connectivity index (χ0v) is 15.5. The van der Waals surface area contributed by atoms with Gasteiger partial charge in [-0.3, -0.25) is 0 Å². The maximum atomic E-state index is 6.05. The maximum Gasteiger partial charge on any atom is 0.0600 e. The molecule has 2 rings (SSSR count). The van der Waals surface area contributed by atoms with E-state index in [9.17, 15) is 0 Å². The summed E-state index contributed by atoms with van der Waals surface area (Å²) in [4.78, 5) is 0. The Morgan fingerprint density at radius 1 is 0.818 bits per heavy atom. The van der Waals surface area contributed by atoms with Gasteiger partial charge in [-0.2, -0.15) is 0 Å². The molecule has 0 aliphatic heterocycles. The second kappa shape index (κ2) is 9.96. The smallest absolute Gasteiger partial charge is 0.0600 e. The van der Waals surface area contributed by atoms with Crippen molar-refractivity contribution in [1.29, 1.82) is 0 Å². The van der Waals surface area contributed by atoms with E-state index < -0.39 is 0 Å². The number of hydrogen-bond acceptors (Lipinski definition) is 1. The largest absolute Gasteiger partial charge is 0.378 e. The first-order valence-corrected chi connectivity index (χ1v) is 10.4. The van der Waals surface area contributed by atoms with Crippen molar-refractivity contribution in [2.45, 2.75) is 104 Å². The average molecular weight is 309 g/mol. The van der Waals surface area contributed by atoms with Crippen LogP contribution < -0.4 is 0 Å². The first-order chi connectivity index (χ1) is 10.7. The Kier molecular flexibility index (Phi) is 8.28. The Labute approximate surface area is 139 Å². The third-order valence-corrected chi connectivity index (χ3v) is 6.44. The van der Waals surface area contributed by atoms with Crippen molar-refractivity contribution in [3.63, 3.8) is 0 Å². The van der Waals surface area contributed by atoms with Gasteiger partial charge < -0.3 is 4.74 Å². The lowest BCUT2D eigenvalue weighted by molar-refractivity contribution is -0.0274. The van der Waals surface area contributed by atoms with E-state index in [1.165, 1.54) is 70.6 Å². The van der Waals surface area contributed by atoms with Crippen LogP contribution in [0.4, 0.5) is 0 Å². The summed E-state index contributed by atoms with van der Waals surface area (Å²) in [7, 11) is 0. The van der Waals surface area contributed by atoms with Gasteiger partial charge in [0.1, 0.15) is 0 Å². The summed E-state index contributed by atoms with van der Waals surface area (Å²) in [6.45, 7) is 7.93. The molecule has 0 aromatic rings. The van der Waals surface area contributed by atoms with Crippen molar-refractivity contribution in [2.24, 2.45) is 23.7 Å². The maximum absolute atomic E-state index is 6.05. The molecule has 0 N–H and O–H groups in total. The van der Waals surface area contributed by atoms with Gasteiger partial charge in [0.25, 0.3) is 0 Å². The summed E-state index contributed by atoms with van der Waals surface area (Å²) in [5.74, 6) is 3.89. The van der Waals surface area contributed by atoms with Crippen LogP contribution >= 0.6 is 0 Å². The highest BCUT2D eigenvalue weighted by molar-refractivity contribution is 4.85. The molecule has 1 nitrogen and oxygen atoms in total. The molecular weight excluding hydrogens is 268 g/mol. The van der Waals surface area contributed by atoms with E-state index in [1.54, 1.807) is 0 Å². The lowest BCUT2D eigenvalue weighted by Gasteiger charge is -2.40. The number of rotatable bonds is 8. The van der Waals surface area contributed by atoms with Crippen LogP contribution in [0.1, 0.15) is 97.8 Å². The fourth-order valence-corrected chi connectivity index (χ4v) is 4.99. The summed E-state index contributed by atoms with van der Waals surface area (Å²) in [6, 6.07) is 0. The van der Waals surface area contributed by atoms with E-state index in [4.69, 9.17) is 4.74 Å². The molecule has 0 spiro atoms. The van der Waals surface area contributed by atoms with Crippen LogP contribution in [0.15, 0.2) is 0 Å². The van der Waals surface area contributed by atoms with Crippen molar-refractivity contribution >= 4 is 0 Å². The molecule has 130 valence electrons. The molecule has 0 heterocycles. The minimum atomic E-state index is 0.557. The lowest BCUT2D eigenvalue weighted by atomic mass is 9.68. The molecule has 22 heavy (non-hydrogen) atoms. The van der Waals surface area contributed by atoms with Gasteiger partial charge in [-0.15, -0.1) is 0 Å². The van der Waals surface area contributed by atoms with Gasteiger partial charge in [-0.25, -0.2) is 0 Å². The predicted octanol–water partition coefficient (Wildman–Crippen LogP) is 6.60. The molecule has 2 aliphatic rings. The van der Waals surface area contributed by atoms with Crippen molar-refractivity contribution in [1.82, 2.24) is 0 Å². The minimum absolute atomic E-state index is 0.557. The highest BCUT2D eigenvalue weighted by Gasteiger charge is 2.34. The quantitative estimate of drug-likeness (QED) is 0.459. The van der Waals surface area contributed by atoms with Crippen LogP contribution in [0, 0.1) is 23.7 Å². The molecule has 0 aromatic heterocycles. The Bertz CT molecular complexity index is 280. The van der Waals surface area contributed by atoms with Crippen LogP contribution in [-0.4, -0.2) is 12.7 Å². The van der Waals surface area contributed by atoms with Crippen molar-refractivity contribution in [3.05, 3.63) is 0 Å². The molecule has 0 radical (unpaired) electrons. The second-order valence-electron chi connectivity index (χ2n) is 8.24. The van der Waals surface area contributed by atoms with Crippen molar-refractivity contribution in [3.8, 4) is 0 Å². The Balaban J connectivity index is 1.67. The summed E-state index contributed by atoms with van der Waals surface area (Å²) >= 11 is 0. The standard InChI is InChI=1S/C21H40O/c1-4-6-7-8-18-9-11-19(12-10-18)20-13-14-21(17(3)16-20)22-15-5-2/h17-21H,4-16H2,1-3H3. The topological polar surface area (TPSA) is 9.23 Å². The molecule has 0 amide bonds. The average Bonchev–Trinajstić information content (AvgIpc) is 2.54. The van der Waals surface area contributed by atoms with Crippen LogP contribution in [0.25, 0.3) is 0 Å². The lowest BCUT2D eigenvalue weighted by Crippen LogP contribution is -2.34. The van der Waals surface area contributed by atoms with Crippen molar-refractivity contribution < 1.29 is 4.74 Å². The highest BCUT2D eigenvalue weighted by Crippen LogP contribution is 2.43. The van der Waals surface area contributed by atoms with Gasteiger partial charge >= 0.3 is 0 Å². The Hall–Kier alpha value is -0.0400. The number of unbranched alkanes of at least 4 members (excludes halogenated alkanes) is 2. The molecule has 0 aromatic carbocycles. The van der Waals surface area contributed by atoms with Crippen molar-refractivity contribution in [2.75, 3.05) is 6.61 Å². The Morgan fingerprint density at radius 2 is 1.55 bits per heavy atom. The third-order valence-electron chi connectivity index (χ3n) is 6.44. The first kappa shape index (κ1) is 18.3. The fraction of sp³-hybridized carbons (Fsp3) is 1.00. The number of ether oxygens (including phenoxy) is 1. The predicted molar refractivity (Wildman–Crippen MR) is 96.1 cm³/mol. The second-order valence-corrected chi connectivity index (χ2v) is 8.24. The summed E-state index contributed by atoms with van der Waals surface area (Å²) in [5, 5.41) is 0. The van der Waals surface area contributed by atoms with Gasteiger partial charge in [-0.05, 0) is 62.2 Å².